The van der Waals surface area contributed by atoms with Gasteiger partial charge in [-0.3, -0.25) is 0 Å². The molecule has 4 aromatic rings. The molecule has 0 radical (unpaired) electrons. The zero-order valence-electron chi connectivity index (χ0n) is 25.8. The third kappa shape index (κ3) is 7.00. The van der Waals surface area contributed by atoms with Gasteiger partial charge in [-0.15, -0.1) is 0 Å². The van der Waals surface area contributed by atoms with E-state index in [9.17, 15) is 0 Å². The number of rotatable bonds is 11. The number of benzene rings is 4. The third-order valence-corrected chi connectivity index (χ3v) is 15.7. The van der Waals surface area contributed by atoms with Crippen LogP contribution in [0.15, 0.2) is 121 Å². The monoisotopic (exact) mass is 608 g/mol. The molecule has 0 amide bonds. The fourth-order valence-electron chi connectivity index (χ4n) is 7.23. The molecular formula is C39H46O2P2. The Kier molecular flexibility index (Phi) is 10.1. The van der Waals surface area contributed by atoms with E-state index in [2.05, 4.69) is 135 Å². The first kappa shape index (κ1) is 30.7. The van der Waals surface area contributed by atoms with Gasteiger partial charge in [0.05, 0.1) is 6.61 Å². The Morgan fingerprint density at radius 3 is 1.60 bits per heavy atom. The Labute approximate surface area is 261 Å². The van der Waals surface area contributed by atoms with Gasteiger partial charge in [0.2, 0.25) is 0 Å². The van der Waals surface area contributed by atoms with Gasteiger partial charge in [0.25, 0.3) is 0 Å². The lowest BCUT2D eigenvalue weighted by molar-refractivity contribution is -0.186. The zero-order chi connectivity index (χ0) is 29.5. The van der Waals surface area contributed by atoms with E-state index in [1.54, 1.807) is 0 Å². The van der Waals surface area contributed by atoms with Crippen molar-refractivity contribution >= 4 is 37.1 Å². The molecule has 4 aromatic carbocycles. The van der Waals surface area contributed by atoms with Crippen LogP contribution in [0.4, 0.5) is 0 Å². The molecule has 0 N–H and O–H groups in total. The molecule has 2 aliphatic rings. The van der Waals surface area contributed by atoms with E-state index in [1.807, 2.05) is 0 Å². The summed E-state index contributed by atoms with van der Waals surface area (Å²) in [6.07, 6.45) is 8.13. The van der Waals surface area contributed by atoms with E-state index >= 15 is 0 Å². The summed E-state index contributed by atoms with van der Waals surface area (Å²) < 4.78 is 12.7. The van der Waals surface area contributed by atoms with Crippen LogP contribution in [0.2, 0.25) is 0 Å². The van der Waals surface area contributed by atoms with Crippen molar-refractivity contribution in [2.24, 2.45) is 16.7 Å². The van der Waals surface area contributed by atoms with Gasteiger partial charge >= 0.3 is 0 Å². The minimum atomic E-state index is -0.534. The highest BCUT2D eigenvalue weighted by molar-refractivity contribution is 7.73. The van der Waals surface area contributed by atoms with Crippen LogP contribution >= 0.6 is 15.8 Å². The van der Waals surface area contributed by atoms with E-state index in [1.165, 1.54) is 52.8 Å². The average Bonchev–Trinajstić information content (AvgIpc) is 3.32. The van der Waals surface area contributed by atoms with E-state index in [-0.39, 0.29) is 17.1 Å². The first-order valence-electron chi connectivity index (χ1n) is 16.0. The topological polar surface area (TPSA) is 18.5 Å². The summed E-state index contributed by atoms with van der Waals surface area (Å²) >= 11 is 0. The van der Waals surface area contributed by atoms with E-state index in [0.717, 1.165) is 26.1 Å². The van der Waals surface area contributed by atoms with E-state index in [0.29, 0.717) is 5.92 Å². The molecule has 2 fully saturated rings. The number of hydrogen-bond acceptors (Lipinski definition) is 2. The van der Waals surface area contributed by atoms with Gasteiger partial charge in [-0.2, -0.15) is 0 Å². The maximum Gasteiger partial charge on any atom is 0.157 e. The second kappa shape index (κ2) is 14.2. The number of ether oxygens (including phenoxy) is 2. The average molecular weight is 609 g/mol. The first-order valence-corrected chi connectivity index (χ1v) is 19.1. The zero-order valence-corrected chi connectivity index (χ0v) is 27.6. The molecule has 4 heteroatoms. The maximum absolute atomic E-state index is 6.67. The minimum Gasteiger partial charge on any atom is -0.353 e. The Balaban J connectivity index is 1.37. The van der Waals surface area contributed by atoms with Crippen LogP contribution in [-0.4, -0.2) is 31.8 Å². The Hall–Kier alpha value is -2.34. The van der Waals surface area contributed by atoms with Gasteiger partial charge in [-0.1, -0.05) is 135 Å². The van der Waals surface area contributed by atoms with Crippen LogP contribution in [0.5, 0.6) is 0 Å². The summed E-state index contributed by atoms with van der Waals surface area (Å²) in [5.41, 5.74) is 0.167. The van der Waals surface area contributed by atoms with Gasteiger partial charge in [-0.25, -0.2) is 0 Å². The van der Waals surface area contributed by atoms with Crippen molar-refractivity contribution in [1.82, 2.24) is 0 Å². The van der Waals surface area contributed by atoms with Gasteiger partial charge in [-0.05, 0) is 98.2 Å². The van der Waals surface area contributed by atoms with Gasteiger partial charge < -0.3 is 9.47 Å². The smallest absolute Gasteiger partial charge is 0.157 e. The fourth-order valence-corrected chi connectivity index (χ4v) is 13.1. The lowest BCUT2D eigenvalue weighted by Crippen LogP contribution is -2.46. The normalized spacial score (nSPS) is 25.8. The minimum absolute atomic E-state index is 0.0515. The van der Waals surface area contributed by atoms with Crippen LogP contribution in [0.3, 0.4) is 0 Å². The van der Waals surface area contributed by atoms with Crippen molar-refractivity contribution in [2.45, 2.75) is 52.2 Å². The van der Waals surface area contributed by atoms with E-state index < -0.39 is 15.8 Å². The van der Waals surface area contributed by atoms with Crippen LogP contribution in [0.1, 0.15) is 46.0 Å². The molecule has 43 heavy (non-hydrogen) atoms. The second-order valence-electron chi connectivity index (χ2n) is 12.9. The predicted octanol–water partition coefficient (Wildman–Crippen LogP) is 8.22. The molecule has 1 aliphatic carbocycles. The highest BCUT2D eigenvalue weighted by Gasteiger charge is 2.56. The first-order chi connectivity index (χ1) is 21.1. The number of hydrogen-bond donors (Lipinski definition) is 0. The van der Waals surface area contributed by atoms with Gasteiger partial charge in [0, 0.05) is 6.61 Å². The molecule has 1 saturated carbocycles. The van der Waals surface area contributed by atoms with Crippen LogP contribution < -0.4 is 21.2 Å². The highest BCUT2D eigenvalue weighted by atomic mass is 31.1. The second-order valence-corrected chi connectivity index (χ2v) is 17.3. The summed E-state index contributed by atoms with van der Waals surface area (Å²) in [5.74, 6) is 0.595. The van der Waals surface area contributed by atoms with Gasteiger partial charge in [0.1, 0.15) is 0 Å². The van der Waals surface area contributed by atoms with Crippen molar-refractivity contribution in [1.29, 1.82) is 0 Å². The summed E-state index contributed by atoms with van der Waals surface area (Å²) in [6.45, 7) is 6.76. The SMILES string of the molecule is C[C@@]1(COC2CCCCO2)CC[C@H](CP(c2ccccc2)c2ccccc2)[C@@]1(C)CP(c1ccccc1)c1ccccc1. The van der Waals surface area contributed by atoms with Gasteiger partial charge in [0.15, 0.2) is 6.29 Å². The molecule has 6 rings (SSSR count). The van der Waals surface area contributed by atoms with Crippen molar-refractivity contribution in [3.05, 3.63) is 121 Å². The summed E-state index contributed by atoms with van der Waals surface area (Å²) in [7, 11) is -1.01. The van der Waals surface area contributed by atoms with E-state index in [4.69, 9.17) is 9.47 Å². The third-order valence-electron chi connectivity index (χ3n) is 10.2. The molecule has 1 saturated heterocycles. The largest absolute Gasteiger partial charge is 0.353 e. The van der Waals surface area contributed by atoms with Crippen molar-refractivity contribution < 1.29 is 9.47 Å². The van der Waals surface area contributed by atoms with Crippen LogP contribution in [0, 0.1) is 16.7 Å². The predicted molar refractivity (Wildman–Crippen MR) is 186 cm³/mol. The molecular weight excluding hydrogens is 562 g/mol. The quantitative estimate of drug-likeness (QED) is 0.160. The lowest BCUT2D eigenvalue weighted by atomic mass is 9.66. The molecule has 4 atom stereocenters. The highest BCUT2D eigenvalue weighted by Crippen LogP contribution is 2.63. The standard InChI is InChI=1S/C39H46O2P2/c1-38(30-41-37-25-15-16-28-40-37)27-26-32(29-42(33-17-7-3-8-18-33)34-19-9-4-10-20-34)39(38,2)31-43(35-21-11-5-12-22-35)36-23-13-6-14-24-36/h3-14,17-24,32,37H,15-16,25-31H2,1-2H3/t32-,37?,38+,39-/m1/s1. The molecule has 1 heterocycles. The fraction of sp³-hybridized carbons (Fsp3) is 0.385. The van der Waals surface area contributed by atoms with Crippen LogP contribution in [0.25, 0.3) is 0 Å². The Morgan fingerprint density at radius 2 is 1.14 bits per heavy atom. The Morgan fingerprint density at radius 1 is 0.651 bits per heavy atom. The van der Waals surface area contributed by atoms with Crippen molar-refractivity contribution in [3.63, 3.8) is 0 Å². The summed E-state index contributed by atoms with van der Waals surface area (Å²) in [5, 5.41) is 5.92. The van der Waals surface area contributed by atoms with Crippen molar-refractivity contribution in [2.75, 3.05) is 25.5 Å². The maximum atomic E-state index is 6.67. The molecule has 1 aliphatic heterocycles. The molecule has 2 nitrogen and oxygen atoms in total. The lowest BCUT2D eigenvalue weighted by Gasteiger charge is -2.48. The molecule has 224 valence electrons. The molecule has 1 unspecified atom stereocenters. The molecule has 0 spiro atoms. The molecule has 0 bridgehead atoms. The molecule has 0 aromatic heterocycles. The van der Waals surface area contributed by atoms with Crippen molar-refractivity contribution in [3.8, 4) is 0 Å². The van der Waals surface area contributed by atoms with Crippen LogP contribution in [-0.2, 0) is 9.47 Å². The summed E-state index contributed by atoms with van der Waals surface area (Å²) in [4.78, 5) is 0. The summed E-state index contributed by atoms with van der Waals surface area (Å²) in [6, 6.07) is 45.2. The Bertz CT molecular complexity index is 1320.